The lowest BCUT2D eigenvalue weighted by Gasteiger charge is -2.12. The molecule has 2 aromatic heterocycles. The van der Waals surface area contributed by atoms with Crippen molar-refractivity contribution < 1.29 is 4.74 Å². The van der Waals surface area contributed by atoms with Crippen LogP contribution in [-0.2, 0) is 19.4 Å². The van der Waals surface area contributed by atoms with E-state index >= 15 is 0 Å². The zero-order valence-corrected chi connectivity index (χ0v) is 14.2. The highest BCUT2D eigenvalue weighted by Crippen LogP contribution is 2.30. The summed E-state index contributed by atoms with van der Waals surface area (Å²) in [6, 6.07) is 9.59. The maximum absolute atomic E-state index is 6.13. The number of halogens is 1. The average molecular weight is 346 g/mol. The molecule has 0 unspecified atom stereocenters. The van der Waals surface area contributed by atoms with Crippen LogP contribution in [0.5, 0.6) is 5.75 Å². The van der Waals surface area contributed by atoms with Crippen molar-refractivity contribution in [1.82, 2.24) is 14.5 Å². The number of hydrogen-bond donors (Lipinski definition) is 0. The molecule has 0 atom stereocenters. The van der Waals surface area contributed by atoms with Crippen molar-refractivity contribution in [3.05, 3.63) is 71.3 Å². The molecule has 4 nitrogen and oxygen atoms in total. The lowest BCUT2D eigenvalue weighted by Crippen LogP contribution is -1.99. The molecule has 0 spiro atoms. The first-order valence-electron chi connectivity index (χ1n) is 7.12. The van der Waals surface area contributed by atoms with Gasteiger partial charge in [-0.1, -0.05) is 29.4 Å². The monoisotopic (exact) mass is 345 g/mol. The third-order valence-corrected chi connectivity index (χ3v) is 4.62. The predicted octanol–water partition coefficient (Wildman–Crippen LogP) is 4.34. The molecular formula is C17H16ClN3OS. The van der Waals surface area contributed by atoms with Gasteiger partial charge in [-0.2, -0.15) is 0 Å². The van der Waals surface area contributed by atoms with E-state index in [9.17, 15) is 0 Å². The summed E-state index contributed by atoms with van der Waals surface area (Å²) in [5.41, 5.74) is 2.08. The Labute approximate surface area is 144 Å². The van der Waals surface area contributed by atoms with Crippen molar-refractivity contribution >= 4 is 23.4 Å². The zero-order valence-electron chi connectivity index (χ0n) is 12.6. The van der Waals surface area contributed by atoms with Crippen LogP contribution in [0.1, 0.15) is 11.1 Å². The highest BCUT2D eigenvalue weighted by molar-refractivity contribution is 7.98. The van der Waals surface area contributed by atoms with Crippen molar-refractivity contribution in [2.24, 2.45) is 7.05 Å². The highest BCUT2D eigenvalue weighted by atomic mass is 35.5. The molecule has 0 saturated heterocycles. The van der Waals surface area contributed by atoms with Crippen LogP contribution in [0.4, 0.5) is 0 Å². The second-order valence-corrected chi connectivity index (χ2v) is 6.39. The van der Waals surface area contributed by atoms with Gasteiger partial charge in [0.1, 0.15) is 12.4 Å². The number of pyridine rings is 1. The van der Waals surface area contributed by atoms with Crippen LogP contribution < -0.4 is 4.74 Å². The SMILES string of the molecule is Cn1ccnc1SCc1cc(Cl)ccc1OCc1cccnc1. The van der Waals surface area contributed by atoms with E-state index in [1.54, 1.807) is 30.4 Å². The summed E-state index contributed by atoms with van der Waals surface area (Å²) in [7, 11) is 1.98. The first-order chi connectivity index (χ1) is 11.2. The summed E-state index contributed by atoms with van der Waals surface area (Å²) in [5, 5.41) is 1.66. The van der Waals surface area contributed by atoms with E-state index in [0.29, 0.717) is 11.6 Å². The number of nitrogens with zero attached hydrogens (tertiary/aromatic N) is 3. The van der Waals surface area contributed by atoms with Crippen LogP contribution in [0.2, 0.25) is 5.02 Å². The molecule has 0 aliphatic rings. The topological polar surface area (TPSA) is 39.9 Å². The Balaban J connectivity index is 1.71. The fraction of sp³-hybridized carbons (Fsp3) is 0.176. The van der Waals surface area contributed by atoms with Crippen molar-refractivity contribution in [3.63, 3.8) is 0 Å². The molecule has 3 aromatic rings. The van der Waals surface area contributed by atoms with E-state index in [1.165, 1.54) is 0 Å². The van der Waals surface area contributed by atoms with Gasteiger partial charge in [0.2, 0.25) is 0 Å². The summed E-state index contributed by atoms with van der Waals surface area (Å²) in [4.78, 5) is 8.42. The third kappa shape index (κ3) is 4.27. The van der Waals surface area contributed by atoms with Crippen LogP contribution >= 0.6 is 23.4 Å². The van der Waals surface area contributed by atoms with Crippen LogP contribution in [0, 0.1) is 0 Å². The van der Waals surface area contributed by atoms with E-state index in [4.69, 9.17) is 16.3 Å². The first kappa shape index (κ1) is 15.9. The Bertz CT molecular complexity index is 777. The molecule has 6 heteroatoms. The molecule has 0 aliphatic heterocycles. The standard InChI is InChI=1S/C17H16ClN3OS/c1-21-8-7-20-17(21)23-12-14-9-15(18)4-5-16(14)22-11-13-3-2-6-19-10-13/h2-10H,11-12H2,1H3. The second-order valence-electron chi connectivity index (χ2n) is 5.01. The minimum Gasteiger partial charge on any atom is -0.489 e. The van der Waals surface area contributed by atoms with Gasteiger partial charge in [0, 0.05) is 53.7 Å². The van der Waals surface area contributed by atoms with Gasteiger partial charge in [-0.25, -0.2) is 4.98 Å². The largest absolute Gasteiger partial charge is 0.489 e. The van der Waals surface area contributed by atoms with Crippen molar-refractivity contribution in [3.8, 4) is 5.75 Å². The smallest absolute Gasteiger partial charge is 0.167 e. The van der Waals surface area contributed by atoms with Gasteiger partial charge in [-0.15, -0.1) is 0 Å². The highest BCUT2D eigenvalue weighted by Gasteiger charge is 2.08. The van der Waals surface area contributed by atoms with Crippen molar-refractivity contribution in [1.29, 1.82) is 0 Å². The fourth-order valence-electron chi connectivity index (χ4n) is 2.08. The van der Waals surface area contributed by atoms with E-state index in [2.05, 4.69) is 9.97 Å². The minimum absolute atomic E-state index is 0.482. The van der Waals surface area contributed by atoms with Crippen molar-refractivity contribution in [2.75, 3.05) is 0 Å². The molecular weight excluding hydrogens is 330 g/mol. The van der Waals surface area contributed by atoms with Crippen molar-refractivity contribution in [2.45, 2.75) is 17.5 Å². The number of aromatic nitrogens is 3. The quantitative estimate of drug-likeness (QED) is 0.623. The molecule has 118 valence electrons. The second kappa shape index (κ2) is 7.53. The summed E-state index contributed by atoms with van der Waals surface area (Å²) >= 11 is 7.78. The fourth-order valence-corrected chi connectivity index (χ4v) is 3.18. The van der Waals surface area contributed by atoms with Gasteiger partial charge in [-0.05, 0) is 24.3 Å². The van der Waals surface area contributed by atoms with Gasteiger partial charge in [0.15, 0.2) is 5.16 Å². The van der Waals surface area contributed by atoms with E-state index in [-0.39, 0.29) is 0 Å². The van der Waals surface area contributed by atoms with Gasteiger partial charge < -0.3 is 9.30 Å². The molecule has 0 aliphatic carbocycles. The first-order valence-corrected chi connectivity index (χ1v) is 8.49. The molecule has 3 rings (SSSR count). The van der Waals surface area contributed by atoms with E-state index in [1.807, 2.05) is 48.1 Å². The van der Waals surface area contributed by atoms with E-state index in [0.717, 1.165) is 27.8 Å². The van der Waals surface area contributed by atoms with Gasteiger partial charge in [0.25, 0.3) is 0 Å². The number of rotatable bonds is 6. The molecule has 0 bridgehead atoms. The predicted molar refractivity (Wildman–Crippen MR) is 92.8 cm³/mol. The Morgan fingerprint density at radius 1 is 1.26 bits per heavy atom. The Morgan fingerprint density at radius 2 is 2.17 bits per heavy atom. The minimum atomic E-state index is 0.482. The summed E-state index contributed by atoms with van der Waals surface area (Å²) in [6.07, 6.45) is 7.28. The number of aryl methyl sites for hydroxylation is 1. The average Bonchev–Trinajstić information content (AvgIpc) is 2.98. The number of imidazole rings is 1. The molecule has 0 N–H and O–H groups in total. The Hall–Kier alpha value is -1.98. The van der Waals surface area contributed by atoms with Gasteiger partial charge in [0.05, 0.1) is 0 Å². The molecule has 0 radical (unpaired) electrons. The lowest BCUT2D eigenvalue weighted by atomic mass is 10.2. The molecule has 2 heterocycles. The summed E-state index contributed by atoms with van der Waals surface area (Å²) < 4.78 is 7.93. The molecule has 23 heavy (non-hydrogen) atoms. The molecule has 0 amide bonds. The number of thioether (sulfide) groups is 1. The number of hydrogen-bond acceptors (Lipinski definition) is 4. The Morgan fingerprint density at radius 3 is 2.91 bits per heavy atom. The molecule has 0 fully saturated rings. The van der Waals surface area contributed by atoms with Gasteiger partial charge >= 0.3 is 0 Å². The van der Waals surface area contributed by atoms with E-state index < -0.39 is 0 Å². The third-order valence-electron chi connectivity index (χ3n) is 3.27. The maximum atomic E-state index is 6.13. The summed E-state index contributed by atoms with van der Waals surface area (Å²) in [6.45, 7) is 0.482. The van der Waals surface area contributed by atoms with Crippen LogP contribution in [0.3, 0.4) is 0 Å². The van der Waals surface area contributed by atoms with Crippen LogP contribution in [0.25, 0.3) is 0 Å². The maximum Gasteiger partial charge on any atom is 0.167 e. The van der Waals surface area contributed by atoms with Gasteiger partial charge in [-0.3, -0.25) is 4.98 Å². The molecule has 1 aromatic carbocycles. The van der Waals surface area contributed by atoms with Crippen LogP contribution in [0.15, 0.2) is 60.3 Å². The van der Waals surface area contributed by atoms with Crippen LogP contribution in [-0.4, -0.2) is 14.5 Å². The normalized spacial score (nSPS) is 10.7. The zero-order chi connectivity index (χ0) is 16.1. The lowest BCUT2D eigenvalue weighted by molar-refractivity contribution is 0.303. The Kier molecular flexibility index (Phi) is 5.20. The number of ether oxygens (including phenoxy) is 1. The molecule has 0 saturated carbocycles. The number of benzene rings is 1. The summed E-state index contributed by atoms with van der Waals surface area (Å²) in [5.74, 6) is 1.58.